The third-order valence-corrected chi connectivity index (χ3v) is 6.99. The van der Waals surface area contributed by atoms with E-state index in [1.807, 2.05) is 0 Å². The van der Waals surface area contributed by atoms with Crippen LogP contribution in [0.4, 0.5) is 0 Å². The Morgan fingerprint density at radius 3 is 0.684 bits per heavy atom. The summed E-state index contributed by atoms with van der Waals surface area (Å²) in [4.78, 5) is 20.6. The molecule has 6 heteroatoms. The van der Waals surface area contributed by atoms with E-state index >= 15 is 0 Å². The molecule has 1 radical (unpaired) electrons. The Morgan fingerprint density at radius 1 is 0.368 bits per heavy atom. The summed E-state index contributed by atoms with van der Waals surface area (Å²) in [7, 11) is 0. The molecule has 0 spiro atoms. The molecule has 0 saturated carbocycles. The van der Waals surface area contributed by atoms with Gasteiger partial charge in [0.05, 0.1) is 0 Å². The average Bonchev–Trinajstić information content (AvgIpc) is 2.85. The first-order valence-electron chi connectivity index (χ1n) is 16.0. The molecule has 0 aromatic carbocycles. The molecule has 0 aromatic heterocycles. The number of unbranched alkanes of at least 4 members (excludes halogenated alkanes) is 24. The van der Waals surface area contributed by atoms with Crippen LogP contribution in [-0.4, -0.2) is 22.2 Å². The van der Waals surface area contributed by atoms with Crippen molar-refractivity contribution in [2.24, 2.45) is 0 Å². The Morgan fingerprint density at radius 2 is 0.526 bits per heavy atom. The van der Waals surface area contributed by atoms with Gasteiger partial charge in [0.1, 0.15) is 0 Å². The number of rotatable bonds is 28. The molecular formula is C32H64CoO4Zn. The zero-order chi connectivity index (χ0) is 27.0. The van der Waals surface area contributed by atoms with E-state index in [1.165, 1.54) is 141 Å². The van der Waals surface area contributed by atoms with Crippen molar-refractivity contribution in [3.63, 3.8) is 0 Å². The van der Waals surface area contributed by atoms with Gasteiger partial charge in [-0.2, -0.15) is 0 Å². The van der Waals surface area contributed by atoms with Crippen LogP contribution >= 0.6 is 0 Å². The van der Waals surface area contributed by atoms with Crippen LogP contribution in [0.2, 0.25) is 0 Å². The first kappa shape index (κ1) is 45.1. The minimum absolute atomic E-state index is 0. The Kier molecular flexibility index (Phi) is 49.3. The molecule has 0 aliphatic carbocycles. The molecule has 0 amide bonds. The summed E-state index contributed by atoms with van der Waals surface area (Å²) in [5, 5.41) is 17.0. The number of hydrogen-bond acceptors (Lipinski definition) is 2. The van der Waals surface area contributed by atoms with Gasteiger partial charge in [0.15, 0.2) is 0 Å². The van der Waals surface area contributed by atoms with Gasteiger partial charge in [-0.3, -0.25) is 9.59 Å². The molecule has 0 heterocycles. The van der Waals surface area contributed by atoms with Crippen molar-refractivity contribution in [1.29, 1.82) is 0 Å². The van der Waals surface area contributed by atoms with Crippen LogP contribution in [0.25, 0.3) is 0 Å². The van der Waals surface area contributed by atoms with E-state index in [0.29, 0.717) is 12.8 Å². The number of carbonyl (C=O) groups is 2. The molecule has 2 N–H and O–H groups in total. The van der Waals surface area contributed by atoms with Crippen molar-refractivity contribution in [1.82, 2.24) is 0 Å². The van der Waals surface area contributed by atoms with Crippen molar-refractivity contribution in [2.45, 2.75) is 194 Å². The normalized spacial score (nSPS) is 10.2. The Balaban J connectivity index is -0.000000289. The molecule has 0 aromatic rings. The van der Waals surface area contributed by atoms with Gasteiger partial charge >= 0.3 is 11.9 Å². The SMILES string of the molecule is CCCCCCCCCCCCCCCC(=O)O.CCCCCCCCCCCCCCCC(=O)O.[Co].[Zn]. The number of aliphatic carboxylic acids is 2. The van der Waals surface area contributed by atoms with E-state index < -0.39 is 11.9 Å². The summed E-state index contributed by atoms with van der Waals surface area (Å²) in [5.41, 5.74) is 0. The van der Waals surface area contributed by atoms with Gasteiger partial charge in [-0.1, -0.05) is 168 Å². The van der Waals surface area contributed by atoms with Crippen molar-refractivity contribution in [3.05, 3.63) is 0 Å². The minimum Gasteiger partial charge on any atom is -0.481 e. The maximum atomic E-state index is 10.3. The van der Waals surface area contributed by atoms with Gasteiger partial charge in [0.2, 0.25) is 0 Å². The van der Waals surface area contributed by atoms with Crippen LogP contribution in [0, 0.1) is 0 Å². The summed E-state index contributed by atoms with van der Waals surface area (Å²) in [5.74, 6) is -1.31. The molecule has 38 heavy (non-hydrogen) atoms. The van der Waals surface area contributed by atoms with Crippen LogP contribution in [0.5, 0.6) is 0 Å². The number of carboxylic acid groups (broad SMARTS) is 2. The number of carboxylic acids is 2. The second-order valence-corrected chi connectivity index (χ2v) is 10.8. The minimum atomic E-state index is -0.655. The second-order valence-electron chi connectivity index (χ2n) is 10.8. The van der Waals surface area contributed by atoms with E-state index in [2.05, 4.69) is 13.8 Å². The van der Waals surface area contributed by atoms with Gasteiger partial charge in [-0.25, -0.2) is 0 Å². The fraction of sp³-hybridized carbons (Fsp3) is 0.938. The molecule has 0 aliphatic heterocycles. The monoisotopic (exact) mass is 635 g/mol. The molecule has 0 bridgehead atoms. The second kappa shape index (κ2) is 41.5. The molecule has 0 unspecified atom stereocenters. The van der Waals surface area contributed by atoms with E-state index in [1.54, 1.807) is 0 Å². The molecule has 0 aliphatic rings. The van der Waals surface area contributed by atoms with Crippen molar-refractivity contribution < 1.29 is 56.1 Å². The van der Waals surface area contributed by atoms with Crippen LogP contribution in [0.15, 0.2) is 0 Å². The maximum Gasteiger partial charge on any atom is 0.303 e. The Hall–Kier alpha value is 0.0699. The average molecular weight is 637 g/mol. The van der Waals surface area contributed by atoms with E-state index in [4.69, 9.17) is 10.2 Å². The standard InChI is InChI=1S/2C16H32O2.Co.Zn/c2*1-2-3-4-5-6-7-8-9-10-11-12-13-14-15-16(17)18;;/h2*2-15H2,1H3,(H,17,18);;. The van der Waals surface area contributed by atoms with Crippen LogP contribution in [-0.2, 0) is 45.8 Å². The predicted octanol–water partition coefficient (Wildman–Crippen LogP) is 11.1. The largest absolute Gasteiger partial charge is 0.481 e. The zero-order valence-electron chi connectivity index (χ0n) is 25.6. The molecule has 0 fully saturated rings. The quantitative estimate of drug-likeness (QED) is 0.0662. The molecule has 0 atom stereocenters. The maximum absolute atomic E-state index is 10.3. The van der Waals surface area contributed by atoms with Crippen LogP contribution < -0.4 is 0 Å². The molecule has 227 valence electrons. The van der Waals surface area contributed by atoms with Gasteiger partial charge in [0, 0.05) is 49.1 Å². The van der Waals surface area contributed by atoms with Gasteiger partial charge < -0.3 is 10.2 Å². The summed E-state index contributed by atoms with van der Waals surface area (Å²) in [6, 6.07) is 0. The number of hydrogen-bond donors (Lipinski definition) is 2. The van der Waals surface area contributed by atoms with Gasteiger partial charge in [-0.15, -0.1) is 0 Å². The molecular weight excluding hydrogens is 573 g/mol. The molecule has 0 saturated heterocycles. The zero-order valence-corrected chi connectivity index (χ0v) is 29.6. The van der Waals surface area contributed by atoms with E-state index in [0.717, 1.165) is 25.7 Å². The third-order valence-electron chi connectivity index (χ3n) is 6.99. The summed E-state index contributed by atoms with van der Waals surface area (Å²) in [6.45, 7) is 4.52. The topological polar surface area (TPSA) is 74.6 Å². The summed E-state index contributed by atoms with van der Waals surface area (Å²) >= 11 is 0. The Labute approximate surface area is 260 Å². The predicted molar refractivity (Wildman–Crippen MR) is 156 cm³/mol. The first-order valence-corrected chi connectivity index (χ1v) is 16.0. The smallest absolute Gasteiger partial charge is 0.303 e. The molecule has 4 nitrogen and oxygen atoms in total. The van der Waals surface area contributed by atoms with Gasteiger partial charge in [-0.05, 0) is 12.8 Å². The fourth-order valence-corrected chi connectivity index (χ4v) is 4.59. The summed E-state index contributed by atoms with van der Waals surface area (Å²) < 4.78 is 0. The third kappa shape index (κ3) is 49.1. The van der Waals surface area contributed by atoms with E-state index in [-0.39, 0.29) is 36.3 Å². The first-order chi connectivity index (χ1) is 17.5. The van der Waals surface area contributed by atoms with E-state index in [9.17, 15) is 9.59 Å². The van der Waals surface area contributed by atoms with Crippen molar-refractivity contribution in [2.75, 3.05) is 0 Å². The van der Waals surface area contributed by atoms with Gasteiger partial charge in [0.25, 0.3) is 0 Å². The fourth-order valence-electron chi connectivity index (χ4n) is 4.59. The van der Waals surface area contributed by atoms with Crippen LogP contribution in [0.3, 0.4) is 0 Å². The van der Waals surface area contributed by atoms with Crippen LogP contribution in [0.1, 0.15) is 194 Å². The van der Waals surface area contributed by atoms with Crippen molar-refractivity contribution in [3.8, 4) is 0 Å². The molecule has 0 rings (SSSR count). The Bertz CT molecular complexity index is 409. The summed E-state index contributed by atoms with van der Waals surface area (Å²) in [6.07, 6.45) is 34.5. The van der Waals surface area contributed by atoms with Crippen molar-refractivity contribution >= 4 is 11.9 Å².